The van der Waals surface area contributed by atoms with Crippen molar-refractivity contribution in [2.45, 2.75) is 32.2 Å². The highest BCUT2D eigenvalue weighted by molar-refractivity contribution is 7.16. The van der Waals surface area contributed by atoms with Gasteiger partial charge in [-0.05, 0) is 26.3 Å². The molecule has 0 radical (unpaired) electrons. The highest BCUT2D eigenvalue weighted by Gasteiger charge is 2.21. The van der Waals surface area contributed by atoms with Gasteiger partial charge >= 0.3 is 6.03 Å². The van der Waals surface area contributed by atoms with Crippen molar-refractivity contribution in [3.63, 3.8) is 0 Å². The predicted molar refractivity (Wildman–Crippen MR) is 78.0 cm³/mol. The van der Waals surface area contributed by atoms with E-state index in [0.717, 1.165) is 32.4 Å². The molecule has 1 aliphatic heterocycles. The van der Waals surface area contributed by atoms with Crippen molar-refractivity contribution in [1.29, 1.82) is 0 Å². The lowest BCUT2D eigenvalue weighted by Gasteiger charge is -2.15. The van der Waals surface area contributed by atoms with E-state index in [0.29, 0.717) is 10.0 Å². The van der Waals surface area contributed by atoms with Crippen molar-refractivity contribution >= 4 is 28.3 Å². The fraction of sp³-hybridized carbons (Fsp3) is 0.583. The standard InChI is InChI=1S/C12H19N5O2S/c1-7-15-9(11(20-7)17-12(13)19)10(18)16-8-4-2-3-5-14-6-8/h8,14H,2-6H2,1H3,(H,16,18)(H3,13,17,19). The number of thiazole rings is 1. The Kier molecular flexibility index (Phi) is 4.91. The highest BCUT2D eigenvalue weighted by atomic mass is 32.1. The lowest BCUT2D eigenvalue weighted by atomic mass is 10.1. The van der Waals surface area contributed by atoms with Crippen molar-refractivity contribution in [2.75, 3.05) is 18.4 Å². The second-order valence-electron chi connectivity index (χ2n) is 4.77. The maximum atomic E-state index is 12.3. The number of aryl methyl sites for hydroxylation is 1. The second-order valence-corrected chi connectivity index (χ2v) is 5.97. The Labute approximate surface area is 121 Å². The molecule has 2 heterocycles. The van der Waals surface area contributed by atoms with Gasteiger partial charge in [0, 0.05) is 12.6 Å². The Morgan fingerprint density at radius 1 is 1.45 bits per heavy atom. The van der Waals surface area contributed by atoms with Gasteiger partial charge in [-0.15, -0.1) is 11.3 Å². The van der Waals surface area contributed by atoms with Gasteiger partial charge in [0.1, 0.15) is 5.00 Å². The molecule has 8 heteroatoms. The number of carbonyl (C=O) groups excluding carboxylic acids is 2. The quantitative estimate of drug-likeness (QED) is 0.662. The van der Waals surface area contributed by atoms with Gasteiger partial charge < -0.3 is 16.4 Å². The number of nitrogens with zero attached hydrogens (tertiary/aromatic N) is 1. The summed E-state index contributed by atoms with van der Waals surface area (Å²) in [6, 6.07) is -0.604. The summed E-state index contributed by atoms with van der Waals surface area (Å²) in [4.78, 5) is 27.4. The third-order valence-corrected chi connectivity index (χ3v) is 3.95. The van der Waals surface area contributed by atoms with Crippen molar-refractivity contribution in [3.8, 4) is 0 Å². The topological polar surface area (TPSA) is 109 Å². The van der Waals surface area contributed by atoms with Crippen LogP contribution in [-0.2, 0) is 0 Å². The zero-order chi connectivity index (χ0) is 14.5. The fourth-order valence-corrected chi connectivity index (χ4v) is 2.99. The summed E-state index contributed by atoms with van der Waals surface area (Å²) in [5.74, 6) is -0.271. The van der Waals surface area contributed by atoms with Crippen LogP contribution in [0.25, 0.3) is 0 Å². The molecule has 20 heavy (non-hydrogen) atoms. The zero-order valence-electron chi connectivity index (χ0n) is 11.4. The first kappa shape index (κ1) is 14.7. The molecule has 1 aromatic rings. The molecule has 0 aromatic carbocycles. The van der Waals surface area contributed by atoms with Crippen molar-refractivity contribution in [3.05, 3.63) is 10.7 Å². The van der Waals surface area contributed by atoms with Crippen LogP contribution in [0.2, 0.25) is 0 Å². The van der Waals surface area contributed by atoms with Crippen LogP contribution in [0, 0.1) is 6.92 Å². The minimum Gasteiger partial charge on any atom is -0.351 e. The number of anilines is 1. The minimum absolute atomic E-state index is 0.0911. The molecule has 2 rings (SSSR count). The molecule has 1 atom stereocenters. The van der Waals surface area contributed by atoms with Crippen LogP contribution >= 0.6 is 11.3 Å². The molecule has 3 amide bonds. The van der Waals surface area contributed by atoms with Crippen LogP contribution in [0.5, 0.6) is 0 Å². The molecule has 0 saturated carbocycles. The van der Waals surface area contributed by atoms with Crippen molar-refractivity contribution < 1.29 is 9.59 Å². The van der Waals surface area contributed by atoms with E-state index in [-0.39, 0.29) is 17.6 Å². The highest BCUT2D eigenvalue weighted by Crippen LogP contribution is 2.24. The van der Waals surface area contributed by atoms with E-state index in [1.54, 1.807) is 6.92 Å². The Morgan fingerprint density at radius 2 is 2.25 bits per heavy atom. The average molecular weight is 297 g/mol. The first-order valence-corrected chi connectivity index (χ1v) is 7.43. The molecule has 7 nitrogen and oxygen atoms in total. The molecule has 0 bridgehead atoms. The van der Waals surface area contributed by atoms with Crippen LogP contribution in [0.1, 0.15) is 34.8 Å². The van der Waals surface area contributed by atoms with E-state index in [1.165, 1.54) is 11.3 Å². The number of hydrogen-bond acceptors (Lipinski definition) is 5. The number of carbonyl (C=O) groups is 2. The Hall–Kier alpha value is -1.67. The van der Waals surface area contributed by atoms with Gasteiger partial charge in [-0.1, -0.05) is 6.42 Å². The van der Waals surface area contributed by atoms with Gasteiger partial charge in [0.15, 0.2) is 5.69 Å². The van der Waals surface area contributed by atoms with E-state index < -0.39 is 6.03 Å². The summed E-state index contributed by atoms with van der Waals surface area (Å²) in [6.45, 7) is 3.52. The minimum atomic E-state index is -0.696. The third-order valence-electron chi connectivity index (χ3n) is 3.07. The first-order valence-electron chi connectivity index (χ1n) is 6.61. The molecule has 0 aliphatic carbocycles. The third kappa shape index (κ3) is 3.91. The zero-order valence-corrected chi connectivity index (χ0v) is 12.2. The summed E-state index contributed by atoms with van der Waals surface area (Å²) in [6.07, 6.45) is 3.15. The van der Waals surface area contributed by atoms with Gasteiger partial charge in [-0.25, -0.2) is 9.78 Å². The molecule has 1 fully saturated rings. The molecular weight excluding hydrogens is 278 g/mol. The molecule has 1 unspecified atom stereocenters. The van der Waals surface area contributed by atoms with Crippen LogP contribution in [0.4, 0.5) is 9.80 Å². The SMILES string of the molecule is Cc1nc(C(=O)NC2CCCCNC2)c(NC(N)=O)s1. The van der Waals surface area contributed by atoms with Gasteiger partial charge in [0.05, 0.1) is 5.01 Å². The number of rotatable bonds is 3. The van der Waals surface area contributed by atoms with E-state index in [2.05, 4.69) is 20.9 Å². The van der Waals surface area contributed by atoms with E-state index >= 15 is 0 Å². The van der Waals surface area contributed by atoms with E-state index in [1.807, 2.05) is 0 Å². The Balaban J connectivity index is 2.06. The number of hydrogen-bond donors (Lipinski definition) is 4. The summed E-state index contributed by atoms with van der Waals surface area (Å²) >= 11 is 1.24. The molecule has 1 saturated heterocycles. The molecule has 0 spiro atoms. The number of primary amides is 1. The van der Waals surface area contributed by atoms with Crippen molar-refractivity contribution in [1.82, 2.24) is 15.6 Å². The normalized spacial score (nSPS) is 19.1. The Bertz CT molecular complexity index is 494. The van der Waals surface area contributed by atoms with E-state index in [4.69, 9.17) is 5.73 Å². The van der Waals surface area contributed by atoms with Crippen molar-refractivity contribution in [2.24, 2.45) is 5.73 Å². The predicted octanol–water partition coefficient (Wildman–Crippen LogP) is 0.814. The summed E-state index contributed by atoms with van der Waals surface area (Å²) in [5, 5.41) is 9.78. The van der Waals surface area contributed by atoms with E-state index in [9.17, 15) is 9.59 Å². The fourth-order valence-electron chi connectivity index (χ4n) is 2.17. The molecule has 110 valence electrons. The molecule has 1 aliphatic rings. The van der Waals surface area contributed by atoms with Crippen LogP contribution in [0.3, 0.4) is 0 Å². The van der Waals surface area contributed by atoms with Crippen LogP contribution in [0.15, 0.2) is 0 Å². The smallest absolute Gasteiger partial charge is 0.317 e. The largest absolute Gasteiger partial charge is 0.351 e. The Morgan fingerprint density at radius 3 is 3.00 bits per heavy atom. The van der Waals surface area contributed by atoms with Gasteiger partial charge in [0.2, 0.25) is 0 Å². The number of nitrogens with one attached hydrogen (secondary N) is 3. The molecular formula is C12H19N5O2S. The number of amides is 3. The lowest BCUT2D eigenvalue weighted by molar-refractivity contribution is 0.0932. The number of aromatic nitrogens is 1. The van der Waals surface area contributed by atoms with Gasteiger partial charge in [0.25, 0.3) is 5.91 Å². The number of urea groups is 1. The molecule has 1 aromatic heterocycles. The summed E-state index contributed by atoms with van der Waals surface area (Å²) in [7, 11) is 0. The summed E-state index contributed by atoms with van der Waals surface area (Å²) in [5.41, 5.74) is 5.33. The lowest BCUT2D eigenvalue weighted by Crippen LogP contribution is -2.41. The number of nitrogens with two attached hydrogens (primary N) is 1. The maximum Gasteiger partial charge on any atom is 0.317 e. The van der Waals surface area contributed by atoms with Crippen LogP contribution in [-0.4, -0.2) is 36.1 Å². The monoisotopic (exact) mass is 297 g/mol. The summed E-state index contributed by atoms with van der Waals surface area (Å²) < 4.78 is 0. The van der Waals surface area contributed by atoms with Gasteiger partial charge in [-0.3, -0.25) is 10.1 Å². The first-order chi connectivity index (χ1) is 9.56. The van der Waals surface area contributed by atoms with Gasteiger partial charge in [-0.2, -0.15) is 0 Å². The molecule has 5 N–H and O–H groups in total. The van der Waals surface area contributed by atoms with Crippen LogP contribution < -0.4 is 21.7 Å². The second kappa shape index (κ2) is 6.67. The maximum absolute atomic E-state index is 12.3. The average Bonchev–Trinajstić information content (AvgIpc) is 2.59.